The topological polar surface area (TPSA) is 113 Å². The Morgan fingerprint density at radius 2 is 1.56 bits per heavy atom. The summed E-state index contributed by atoms with van der Waals surface area (Å²) < 4.78 is 57.8. The van der Waals surface area contributed by atoms with Crippen LogP contribution in [0, 0.1) is 5.92 Å². The summed E-state index contributed by atoms with van der Waals surface area (Å²) in [7, 11) is -4.19. The average Bonchev–Trinajstić information content (AvgIpc) is 2.82. The van der Waals surface area contributed by atoms with Gasteiger partial charge in [-0.2, -0.15) is 4.31 Å². The number of carbonyl (C=O) groups excluding carboxylic acids is 1. The van der Waals surface area contributed by atoms with E-state index in [0.29, 0.717) is 23.6 Å². The number of nitrogens with zero attached hydrogens (tertiary/aromatic N) is 2. The van der Waals surface area contributed by atoms with Crippen molar-refractivity contribution < 1.29 is 26.4 Å². The first-order chi connectivity index (χ1) is 16.0. The van der Waals surface area contributed by atoms with Crippen LogP contribution in [-0.2, 0) is 24.8 Å². The normalized spacial score (nSPS) is 15.9. The van der Waals surface area contributed by atoms with Crippen LogP contribution in [0.4, 0.5) is 0 Å². The minimum Gasteiger partial charge on any atom is -0.492 e. The van der Waals surface area contributed by atoms with Gasteiger partial charge in [-0.25, -0.2) is 21.1 Å². The molecule has 0 unspecified atom stereocenters. The first-order valence-electron chi connectivity index (χ1n) is 10.7. The third kappa shape index (κ3) is 6.28. The first kappa shape index (κ1) is 26.4. The van der Waals surface area contributed by atoms with Crippen molar-refractivity contribution in [3.63, 3.8) is 0 Å². The second-order valence-corrected chi connectivity index (χ2v) is 12.6. The molecule has 0 aliphatic carbocycles. The molecule has 2 aromatic carbocycles. The lowest BCUT2D eigenvalue weighted by Gasteiger charge is -2.30. The van der Waals surface area contributed by atoms with Gasteiger partial charge in [0.15, 0.2) is 0 Å². The summed E-state index contributed by atoms with van der Waals surface area (Å²) in [5.74, 6) is 0.0828. The van der Waals surface area contributed by atoms with Crippen molar-refractivity contribution in [3.8, 4) is 5.75 Å². The van der Waals surface area contributed by atoms with Crippen LogP contribution in [-0.4, -0.2) is 71.7 Å². The van der Waals surface area contributed by atoms with Crippen LogP contribution >= 0.6 is 11.6 Å². The highest BCUT2D eigenvalue weighted by Crippen LogP contribution is 2.25. The summed E-state index contributed by atoms with van der Waals surface area (Å²) >= 11 is 5.84. The lowest BCUT2D eigenvalue weighted by molar-refractivity contribution is -0.126. The average molecular weight is 530 g/mol. The summed E-state index contributed by atoms with van der Waals surface area (Å²) in [6, 6.07) is 12.1. The number of amides is 1. The Morgan fingerprint density at radius 1 is 1.00 bits per heavy atom. The van der Waals surface area contributed by atoms with Crippen molar-refractivity contribution in [1.82, 2.24) is 13.9 Å². The molecule has 0 aromatic heterocycles. The van der Waals surface area contributed by atoms with Gasteiger partial charge in [0.2, 0.25) is 26.0 Å². The number of hydrogen-bond acceptors (Lipinski definition) is 6. The van der Waals surface area contributed by atoms with Gasteiger partial charge in [0, 0.05) is 38.1 Å². The molecule has 0 bridgehead atoms. The summed E-state index contributed by atoms with van der Waals surface area (Å²) in [6.07, 6.45) is 0.864. The van der Waals surface area contributed by atoms with Crippen molar-refractivity contribution in [2.75, 3.05) is 40.3 Å². The van der Waals surface area contributed by atoms with E-state index in [-0.39, 0.29) is 47.9 Å². The molecule has 0 atom stereocenters. The number of ether oxygens (including phenoxy) is 1. The number of hydrogen-bond donors (Lipinski definition) is 1. The van der Waals surface area contributed by atoms with Crippen LogP contribution in [0.5, 0.6) is 5.75 Å². The molecule has 12 heteroatoms. The van der Waals surface area contributed by atoms with Crippen LogP contribution in [0.25, 0.3) is 0 Å². The van der Waals surface area contributed by atoms with E-state index in [9.17, 15) is 21.6 Å². The molecule has 1 aliphatic heterocycles. The van der Waals surface area contributed by atoms with Gasteiger partial charge in [-0.15, -0.1) is 0 Å². The Kier molecular flexibility index (Phi) is 8.58. The molecule has 9 nitrogen and oxygen atoms in total. The monoisotopic (exact) mass is 529 g/mol. The number of sulfonamides is 2. The van der Waals surface area contributed by atoms with Gasteiger partial charge in [-0.1, -0.05) is 11.6 Å². The van der Waals surface area contributed by atoms with Gasteiger partial charge in [0.1, 0.15) is 12.4 Å². The van der Waals surface area contributed by atoms with Crippen LogP contribution < -0.4 is 10.1 Å². The highest BCUT2D eigenvalue weighted by atomic mass is 35.5. The Labute approximate surface area is 205 Å². The van der Waals surface area contributed by atoms with E-state index >= 15 is 0 Å². The number of nitrogens with one attached hydrogen (secondary N) is 1. The maximum absolute atomic E-state index is 12.8. The molecule has 3 rings (SSSR count). The zero-order valence-corrected chi connectivity index (χ0v) is 21.4. The minimum absolute atomic E-state index is 0.139. The molecule has 1 aliphatic rings. The highest BCUT2D eigenvalue weighted by Gasteiger charge is 2.32. The van der Waals surface area contributed by atoms with E-state index in [1.807, 2.05) is 0 Å². The zero-order valence-electron chi connectivity index (χ0n) is 19.0. The Morgan fingerprint density at radius 3 is 2.12 bits per heavy atom. The van der Waals surface area contributed by atoms with E-state index in [2.05, 4.69) is 5.32 Å². The van der Waals surface area contributed by atoms with Gasteiger partial charge in [-0.3, -0.25) is 4.79 Å². The van der Waals surface area contributed by atoms with Crippen molar-refractivity contribution in [2.24, 2.45) is 5.92 Å². The summed E-state index contributed by atoms with van der Waals surface area (Å²) in [4.78, 5) is 12.8. The molecule has 2 aromatic rings. The van der Waals surface area contributed by atoms with E-state index < -0.39 is 20.0 Å². The Balaban J connectivity index is 1.42. The minimum atomic E-state index is -3.61. The predicted octanol–water partition coefficient (Wildman–Crippen LogP) is 2.19. The van der Waals surface area contributed by atoms with E-state index in [1.165, 1.54) is 54.8 Å². The second-order valence-electron chi connectivity index (χ2n) is 8.03. The lowest BCUT2D eigenvalue weighted by Crippen LogP contribution is -2.43. The molecular weight excluding hydrogens is 502 g/mol. The molecule has 0 radical (unpaired) electrons. The standard InChI is InChI=1S/C22H28ClN3O6S2/c1-25(2)33(28,29)20-9-5-19(6-10-20)32-16-13-24-22(27)17-11-14-26(15-12-17)34(30,31)21-7-3-18(23)4-8-21/h3-10,17H,11-16H2,1-2H3,(H,24,27). The van der Waals surface area contributed by atoms with E-state index in [4.69, 9.17) is 16.3 Å². The maximum atomic E-state index is 12.8. The predicted molar refractivity (Wildman–Crippen MR) is 129 cm³/mol. The molecule has 34 heavy (non-hydrogen) atoms. The molecule has 0 saturated carbocycles. The molecule has 1 N–H and O–H groups in total. The number of halogens is 1. The lowest BCUT2D eigenvalue weighted by atomic mass is 9.97. The van der Waals surface area contributed by atoms with E-state index in [1.54, 1.807) is 12.1 Å². The summed E-state index contributed by atoms with van der Waals surface area (Å²) in [5, 5.41) is 3.28. The van der Waals surface area contributed by atoms with Crippen LogP contribution in [0.15, 0.2) is 58.3 Å². The summed E-state index contributed by atoms with van der Waals surface area (Å²) in [6.45, 7) is 1.03. The van der Waals surface area contributed by atoms with Gasteiger partial charge >= 0.3 is 0 Å². The fourth-order valence-electron chi connectivity index (χ4n) is 3.52. The molecule has 1 heterocycles. The van der Waals surface area contributed by atoms with Crippen molar-refractivity contribution >= 4 is 37.6 Å². The molecule has 0 spiro atoms. The van der Waals surface area contributed by atoms with Gasteiger partial charge in [0.05, 0.1) is 16.3 Å². The molecule has 1 saturated heterocycles. The Bertz CT molecular complexity index is 1190. The maximum Gasteiger partial charge on any atom is 0.243 e. The largest absolute Gasteiger partial charge is 0.492 e. The van der Waals surface area contributed by atoms with Crippen molar-refractivity contribution in [2.45, 2.75) is 22.6 Å². The summed E-state index contributed by atoms with van der Waals surface area (Å²) in [5.41, 5.74) is 0. The first-order valence-corrected chi connectivity index (χ1v) is 14.0. The molecule has 1 amide bonds. The fourth-order valence-corrected chi connectivity index (χ4v) is 6.02. The SMILES string of the molecule is CN(C)S(=O)(=O)c1ccc(OCCNC(=O)C2CCN(S(=O)(=O)c3ccc(Cl)cc3)CC2)cc1. The Hall–Kier alpha value is -2.18. The third-order valence-electron chi connectivity index (χ3n) is 5.55. The zero-order chi connectivity index (χ0) is 24.9. The second kappa shape index (κ2) is 11.0. The fraction of sp³-hybridized carbons (Fsp3) is 0.409. The van der Waals surface area contributed by atoms with Crippen molar-refractivity contribution in [3.05, 3.63) is 53.6 Å². The highest BCUT2D eigenvalue weighted by molar-refractivity contribution is 7.89. The molecule has 1 fully saturated rings. The van der Waals surface area contributed by atoms with Gasteiger partial charge < -0.3 is 10.1 Å². The number of piperidine rings is 1. The van der Waals surface area contributed by atoms with E-state index in [0.717, 1.165) is 4.31 Å². The van der Waals surface area contributed by atoms with Crippen LogP contribution in [0.2, 0.25) is 5.02 Å². The van der Waals surface area contributed by atoms with Crippen LogP contribution in [0.3, 0.4) is 0 Å². The molecular formula is C22H28ClN3O6S2. The van der Waals surface area contributed by atoms with Gasteiger partial charge in [-0.05, 0) is 61.4 Å². The number of carbonyl (C=O) groups is 1. The van der Waals surface area contributed by atoms with Crippen molar-refractivity contribution in [1.29, 1.82) is 0 Å². The third-order valence-corrected chi connectivity index (χ3v) is 9.54. The van der Waals surface area contributed by atoms with Crippen LogP contribution in [0.1, 0.15) is 12.8 Å². The quantitative estimate of drug-likeness (QED) is 0.498. The smallest absolute Gasteiger partial charge is 0.243 e. The molecule has 186 valence electrons. The number of benzene rings is 2. The van der Waals surface area contributed by atoms with Gasteiger partial charge in [0.25, 0.3) is 0 Å². The number of rotatable bonds is 9.